The fourth-order valence-corrected chi connectivity index (χ4v) is 4.16. The summed E-state index contributed by atoms with van der Waals surface area (Å²) in [7, 11) is 3.24. The van der Waals surface area contributed by atoms with Gasteiger partial charge in [-0.25, -0.2) is 9.67 Å². The van der Waals surface area contributed by atoms with E-state index < -0.39 is 12.0 Å². The van der Waals surface area contributed by atoms with Gasteiger partial charge in [-0.15, -0.1) is 5.10 Å². The number of methoxy groups -OCH3 is 2. The number of fused-ring (bicyclic) bond motifs is 1. The highest BCUT2D eigenvalue weighted by Gasteiger charge is 2.39. The van der Waals surface area contributed by atoms with E-state index in [1.165, 1.54) is 0 Å². The number of nitrogens with zero attached hydrogens (tertiary/aromatic N) is 5. The van der Waals surface area contributed by atoms with Gasteiger partial charge in [-0.2, -0.15) is 4.98 Å². The standard InChI is InChI=1S/C26H24N6O3/c1-16-22(25(33)29-19-5-4-14-27-15-19)23(17-6-10-20(34-2)11-7-17)32-26(28-16)30-24(31-32)18-8-12-21(35-3)13-9-18/h4-15,22-23H,1-3H3,(H,29,33). The zero-order valence-electron chi connectivity index (χ0n) is 19.5. The Labute approximate surface area is 202 Å². The van der Waals surface area contributed by atoms with Crippen LogP contribution in [0.4, 0.5) is 11.6 Å². The van der Waals surface area contributed by atoms with Gasteiger partial charge in [0.25, 0.3) is 0 Å². The van der Waals surface area contributed by atoms with Gasteiger partial charge in [0.2, 0.25) is 11.9 Å². The predicted octanol–water partition coefficient (Wildman–Crippen LogP) is 4.31. The summed E-state index contributed by atoms with van der Waals surface area (Å²) < 4.78 is 12.3. The van der Waals surface area contributed by atoms with Gasteiger partial charge < -0.3 is 14.8 Å². The van der Waals surface area contributed by atoms with E-state index in [2.05, 4.69) is 20.3 Å². The lowest BCUT2D eigenvalue weighted by Crippen LogP contribution is -2.39. The highest BCUT2D eigenvalue weighted by atomic mass is 16.5. The van der Waals surface area contributed by atoms with E-state index in [-0.39, 0.29) is 5.91 Å². The third-order valence-corrected chi connectivity index (χ3v) is 5.94. The summed E-state index contributed by atoms with van der Waals surface area (Å²) in [5.41, 5.74) is 2.97. The Balaban J connectivity index is 1.58. The van der Waals surface area contributed by atoms with Crippen LogP contribution in [0.15, 0.2) is 78.0 Å². The third-order valence-electron chi connectivity index (χ3n) is 5.94. The molecule has 2 unspecified atom stereocenters. The number of anilines is 1. The highest BCUT2D eigenvalue weighted by Crippen LogP contribution is 2.38. The molecular formula is C26H24N6O3. The summed E-state index contributed by atoms with van der Waals surface area (Å²) >= 11 is 0. The Morgan fingerprint density at radius 2 is 1.66 bits per heavy atom. The molecule has 0 bridgehead atoms. The van der Waals surface area contributed by atoms with Crippen LogP contribution in [0, 0.1) is 5.92 Å². The number of aliphatic imine (C=N–C) groups is 1. The van der Waals surface area contributed by atoms with Crippen LogP contribution in [0.2, 0.25) is 0 Å². The molecule has 0 saturated carbocycles. The fourth-order valence-electron chi connectivity index (χ4n) is 4.16. The summed E-state index contributed by atoms with van der Waals surface area (Å²) in [6.45, 7) is 1.84. The number of hydrogen-bond acceptors (Lipinski definition) is 7. The van der Waals surface area contributed by atoms with Crippen LogP contribution in [-0.4, -0.2) is 45.6 Å². The summed E-state index contributed by atoms with van der Waals surface area (Å²) in [5.74, 6) is 1.62. The SMILES string of the molecule is COc1ccc(-c2nc3n(n2)C(c2ccc(OC)cc2)C(C(=O)Nc2cccnc2)C(C)=N3)cc1. The minimum absolute atomic E-state index is 0.202. The molecule has 0 radical (unpaired) electrons. The number of hydrogen-bond donors (Lipinski definition) is 1. The van der Waals surface area contributed by atoms with Crippen LogP contribution in [0.5, 0.6) is 11.5 Å². The highest BCUT2D eigenvalue weighted by molar-refractivity contribution is 6.10. The van der Waals surface area contributed by atoms with E-state index in [1.807, 2.05) is 55.5 Å². The first kappa shape index (κ1) is 22.3. The molecule has 35 heavy (non-hydrogen) atoms. The second-order valence-corrected chi connectivity index (χ2v) is 8.09. The predicted molar refractivity (Wildman–Crippen MR) is 132 cm³/mol. The Hall–Kier alpha value is -4.53. The summed E-state index contributed by atoms with van der Waals surface area (Å²) in [6, 6.07) is 18.2. The lowest BCUT2D eigenvalue weighted by Gasteiger charge is -2.30. The van der Waals surface area contributed by atoms with Crippen molar-refractivity contribution in [1.82, 2.24) is 19.7 Å². The number of ether oxygens (including phenoxy) is 2. The second-order valence-electron chi connectivity index (χ2n) is 8.09. The van der Waals surface area contributed by atoms with Crippen molar-refractivity contribution in [2.75, 3.05) is 19.5 Å². The Morgan fingerprint density at radius 1 is 0.971 bits per heavy atom. The molecule has 4 aromatic rings. The van der Waals surface area contributed by atoms with E-state index >= 15 is 0 Å². The molecule has 9 nitrogen and oxygen atoms in total. The molecule has 2 atom stereocenters. The van der Waals surface area contributed by atoms with Gasteiger partial charge >= 0.3 is 0 Å². The quantitative estimate of drug-likeness (QED) is 0.452. The van der Waals surface area contributed by atoms with Crippen LogP contribution in [0.25, 0.3) is 11.4 Å². The number of rotatable bonds is 6. The van der Waals surface area contributed by atoms with Crippen LogP contribution in [-0.2, 0) is 4.79 Å². The molecule has 9 heteroatoms. The van der Waals surface area contributed by atoms with Crippen LogP contribution < -0.4 is 14.8 Å². The largest absolute Gasteiger partial charge is 0.497 e. The van der Waals surface area contributed by atoms with Crippen molar-refractivity contribution in [1.29, 1.82) is 0 Å². The zero-order chi connectivity index (χ0) is 24.4. The van der Waals surface area contributed by atoms with Crippen molar-refractivity contribution in [2.24, 2.45) is 10.9 Å². The molecule has 3 heterocycles. The molecule has 5 rings (SSSR count). The molecule has 2 aromatic heterocycles. The molecule has 0 spiro atoms. The van der Waals surface area contributed by atoms with Gasteiger partial charge in [0, 0.05) is 17.5 Å². The molecule has 0 fully saturated rings. The normalized spacial score (nSPS) is 16.7. The Bertz CT molecular complexity index is 1360. The topological polar surface area (TPSA) is 104 Å². The average Bonchev–Trinajstić information content (AvgIpc) is 3.32. The minimum atomic E-state index is -0.610. The first-order valence-electron chi connectivity index (χ1n) is 11.1. The minimum Gasteiger partial charge on any atom is -0.497 e. The number of aromatic nitrogens is 4. The lowest BCUT2D eigenvalue weighted by atomic mass is 9.87. The maximum atomic E-state index is 13.5. The molecule has 1 amide bonds. The van der Waals surface area contributed by atoms with E-state index in [0.29, 0.717) is 23.2 Å². The molecule has 1 N–H and O–H groups in total. The van der Waals surface area contributed by atoms with Crippen molar-refractivity contribution in [3.05, 3.63) is 78.6 Å². The maximum Gasteiger partial charge on any atom is 0.248 e. The number of carbonyl (C=O) groups is 1. The first-order chi connectivity index (χ1) is 17.1. The van der Waals surface area contributed by atoms with Crippen molar-refractivity contribution in [2.45, 2.75) is 13.0 Å². The van der Waals surface area contributed by atoms with Gasteiger partial charge in [-0.1, -0.05) is 12.1 Å². The van der Waals surface area contributed by atoms with Gasteiger partial charge in [-0.3, -0.25) is 9.78 Å². The van der Waals surface area contributed by atoms with Crippen LogP contribution in [0.3, 0.4) is 0 Å². The molecular weight excluding hydrogens is 444 g/mol. The van der Waals surface area contributed by atoms with Crippen molar-refractivity contribution in [3.8, 4) is 22.9 Å². The van der Waals surface area contributed by atoms with Crippen molar-refractivity contribution >= 4 is 23.3 Å². The monoisotopic (exact) mass is 468 g/mol. The molecule has 0 saturated heterocycles. The van der Waals surface area contributed by atoms with E-state index in [1.54, 1.807) is 43.4 Å². The third kappa shape index (κ3) is 4.35. The van der Waals surface area contributed by atoms with Crippen molar-refractivity contribution in [3.63, 3.8) is 0 Å². The van der Waals surface area contributed by atoms with Gasteiger partial charge in [0.1, 0.15) is 17.4 Å². The number of pyridine rings is 1. The number of carbonyl (C=O) groups excluding carboxylic acids is 1. The average molecular weight is 469 g/mol. The zero-order valence-corrected chi connectivity index (χ0v) is 19.5. The number of amides is 1. The van der Waals surface area contributed by atoms with E-state index in [4.69, 9.17) is 14.6 Å². The van der Waals surface area contributed by atoms with Crippen LogP contribution >= 0.6 is 0 Å². The van der Waals surface area contributed by atoms with Gasteiger partial charge in [0.05, 0.1) is 32.1 Å². The molecule has 2 aromatic carbocycles. The summed E-state index contributed by atoms with van der Waals surface area (Å²) in [4.78, 5) is 26.9. The molecule has 0 aliphatic carbocycles. The van der Waals surface area contributed by atoms with Crippen LogP contribution in [0.1, 0.15) is 18.5 Å². The smallest absolute Gasteiger partial charge is 0.248 e. The first-order valence-corrected chi connectivity index (χ1v) is 11.1. The lowest BCUT2D eigenvalue weighted by molar-refractivity contribution is -0.118. The Kier molecular flexibility index (Phi) is 5.97. The van der Waals surface area contributed by atoms with Gasteiger partial charge in [0.15, 0.2) is 5.82 Å². The Morgan fingerprint density at radius 3 is 2.29 bits per heavy atom. The summed E-state index contributed by atoms with van der Waals surface area (Å²) in [5, 5.41) is 7.75. The van der Waals surface area contributed by atoms with Crippen molar-refractivity contribution < 1.29 is 14.3 Å². The maximum absolute atomic E-state index is 13.5. The second kappa shape index (κ2) is 9.38. The number of benzene rings is 2. The molecule has 176 valence electrons. The van der Waals surface area contributed by atoms with E-state index in [0.717, 1.165) is 22.6 Å². The van der Waals surface area contributed by atoms with E-state index in [9.17, 15) is 4.79 Å². The fraction of sp³-hybridized carbons (Fsp3) is 0.192. The number of nitrogens with one attached hydrogen (secondary N) is 1. The molecule has 1 aliphatic heterocycles. The van der Waals surface area contributed by atoms with Gasteiger partial charge in [-0.05, 0) is 61.0 Å². The molecule has 1 aliphatic rings. The summed E-state index contributed by atoms with van der Waals surface area (Å²) in [6.07, 6.45) is 3.27.